The number of hydrogen-bond donors (Lipinski definition) is 2. The van der Waals surface area contributed by atoms with Crippen LogP contribution >= 0.6 is 0 Å². The average molecular weight is 218 g/mol. The van der Waals surface area contributed by atoms with E-state index in [0.29, 0.717) is 5.69 Å². The molecule has 1 aromatic carbocycles. The van der Waals surface area contributed by atoms with Crippen molar-refractivity contribution in [3.05, 3.63) is 35.5 Å². The number of aryl methyl sites for hydroxylation is 1. The third-order valence-electron chi connectivity index (χ3n) is 2.15. The number of carboxylic acid groups (broad SMARTS) is 1. The quantitative estimate of drug-likeness (QED) is 0.779. The van der Waals surface area contributed by atoms with Crippen LogP contribution in [0.25, 0.3) is 5.69 Å². The van der Waals surface area contributed by atoms with Crippen molar-refractivity contribution in [2.45, 2.75) is 6.92 Å². The summed E-state index contributed by atoms with van der Waals surface area (Å²) >= 11 is 0. The molecule has 6 nitrogen and oxygen atoms in total. The molecule has 0 saturated carbocycles. The molecule has 1 aromatic heterocycles. The van der Waals surface area contributed by atoms with E-state index in [9.17, 15) is 4.79 Å². The number of hydrogen-bond acceptors (Lipinski definition) is 4. The zero-order valence-electron chi connectivity index (χ0n) is 8.58. The first-order chi connectivity index (χ1) is 7.59. The van der Waals surface area contributed by atoms with E-state index in [1.165, 1.54) is 4.68 Å². The number of benzene rings is 1. The molecule has 0 bridgehead atoms. The highest BCUT2D eigenvalue weighted by molar-refractivity contribution is 5.90. The second-order valence-electron chi connectivity index (χ2n) is 3.38. The van der Waals surface area contributed by atoms with Crippen LogP contribution in [0.1, 0.15) is 16.1 Å². The van der Waals surface area contributed by atoms with Crippen molar-refractivity contribution >= 4 is 11.8 Å². The molecule has 0 spiro atoms. The van der Waals surface area contributed by atoms with Crippen molar-refractivity contribution in [2.24, 2.45) is 0 Å². The van der Waals surface area contributed by atoms with Crippen LogP contribution in [-0.2, 0) is 0 Å². The third-order valence-corrected chi connectivity index (χ3v) is 2.15. The maximum atomic E-state index is 10.7. The van der Waals surface area contributed by atoms with Crippen LogP contribution in [0.5, 0.6) is 0 Å². The van der Waals surface area contributed by atoms with Crippen molar-refractivity contribution < 1.29 is 9.90 Å². The van der Waals surface area contributed by atoms with Crippen molar-refractivity contribution in [2.75, 3.05) is 5.73 Å². The smallest absolute Gasteiger partial charge is 0.360 e. The molecule has 0 radical (unpaired) electrons. The first-order valence-electron chi connectivity index (χ1n) is 4.61. The lowest BCUT2D eigenvalue weighted by molar-refractivity contribution is 0.0691. The van der Waals surface area contributed by atoms with Gasteiger partial charge in [-0.25, -0.2) is 4.79 Å². The van der Waals surface area contributed by atoms with E-state index < -0.39 is 5.97 Å². The van der Waals surface area contributed by atoms with E-state index in [1.54, 1.807) is 6.07 Å². The summed E-state index contributed by atoms with van der Waals surface area (Å²) in [4.78, 5) is 10.7. The molecular weight excluding hydrogens is 208 g/mol. The van der Waals surface area contributed by atoms with Gasteiger partial charge in [-0.05, 0) is 24.6 Å². The van der Waals surface area contributed by atoms with E-state index in [-0.39, 0.29) is 11.5 Å². The number of aromatic nitrogens is 3. The number of rotatable bonds is 2. The largest absolute Gasteiger partial charge is 0.476 e. The Morgan fingerprint density at radius 2 is 2.25 bits per heavy atom. The van der Waals surface area contributed by atoms with E-state index in [1.807, 2.05) is 25.1 Å². The summed E-state index contributed by atoms with van der Waals surface area (Å²) in [5.41, 5.74) is 7.13. The standard InChI is InChI=1S/C10H10N4O2/c1-6-3-2-4-7(5-6)14-9(11)8(10(15)16)12-13-14/h2-5H,11H2,1H3,(H,15,16). The Morgan fingerprint density at radius 1 is 1.50 bits per heavy atom. The van der Waals surface area contributed by atoms with Crippen LogP contribution in [-0.4, -0.2) is 26.1 Å². The number of anilines is 1. The number of carboxylic acids is 1. The van der Waals surface area contributed by atoms with Gasteiger partial charge >= 0.3 is 5.97 Å². The fraction of sp³-hybridized carbons (Fsp3) is 0.100. The zero-order chi connectivity index (χ0) is 11.7. The van der Waals surface area contributed by atoms with Gasteiger partial charge in [-0.15, -0.1) is 5.10 Å². The Kier molecular flexibility index (Phi) is 2.32. The minimum Gasteiger partial charge on any atom is -0.476 e. The number of aromatic carboxylic acids is 1. The van der Waals surface area contributed by atoms with Crippen LogP contribution in [0.2, 0.25) is 0 Å². The molecule has 0 fully saturated rings. The number of carbonyl (C=O) groups is 1. The summed E-state index contributed by atoms with van der Waals surface area (Å²) in [6.07, 6.45) is 0. The molecule has 82 valence electrons. The minimum atomic E-state index is -1.18. The van der Waals surface area contributed by atoms with Gasteiger partial charge in [0.25, 0.3) is 0 Å². The van der Waals surface area contributed by atoms with Gasteiger partial charge in [-0.3, -0.25) is 0 Å². The van der Waals surface area contributed by atoms with Crippen molar-refractivity contribution in [1.82, 2.24) is 15.0 Å². The summed E-state index contributed by atoms with van der Waals surface area (Å²) in [7, 11) is 0. The Balaban J connectivity index is 2.53. The number of nitrogens with two attached hydrogens (primary N) is 1. The molecule has 2 aromatic rings. The monoisotopic (exact) mass is 218 g/mol. The van der Waals surface area contributed by atoms with Crippen LogP contribution in [0, 0.1) is 6.92 Å². The van der Waals surface area contributed by atoms with Crippen molar-refractivity contribution in [3.63, 3.8) is 0 Å². The van der Waals surface area contributed by atoms with E-state index in [4.69, 9.17) is 10.8 Å². The highest BCUT2D eigenvalue weighted by Gasteiger charge is 2.16. The van der Waals surface area contributed by atoms with Gasteiger partial charge in [0.1, 0.15) is 0 Å². The number of nitrogen functional groups attached to an aromatic ring is 1. The highest BCUT2D eigenvalue weighted by Crippen LogP contribution is 2.15. The maximum absolute atomic E-state index is 10.7. The van der Waals surface area contributed by atoms with Crippen molar-refractivity contribution in [1.29, 1.82) is 0 Å². The lowest BCUT2D eigenvalue weighted by Crippen LogP contribution is -2.05. The predicted octanol–water partition coefficient (Wildman–Crippen LogP) is 0.856. The molecular formula is C10H10N4O2. The highest BCUT2D eigenvalue weighted by atomic mass is 16.4. The van der Waals surface area contributed by atoms with Gasteiger partial charge in [0, 0.05) is 0 Å². The lowest BCUT2D eigenvalue weighted by Gasteiger charge is -2.03. The summed E-state index contributed by atoms with van der Waals surface area (Å²) in [5, 5.41) is 16.0. The van der Waals surface area contributed by atoms with Gasteiger partial charge in [0.05, 0.1) is 5.69 Å². The minimum absolute atomic E-state index is 0.0260. The number of nitrogens with zero attached hydrogens (tertiary/aromatic N) is 3. The van der Waals surface area contributed by atoms with Gasteiger partial charge in [-0.2, -0.15) is 4.68 Å². The van der Waals surface area contributed by atoms with Crippen molar-refractivity contribution in [3.8, 4) is 5.69 Å². The molecule has 0 aliphatic carbocycles. The second kappa shape index (κ2) is 3.65. The Hall–Kier alpha value is -2.37. The summed E-state index contributed by atoms with van der Waals surface area (Å²) in [6, 6.07) is 7.39. The van der Waals surface area contributed by atoms with E-state index in [0.717, 1.165) is 5.56 Å². The van der Waals surface area contributed by atoms with Crippen LogP contribution in [0.15, 0.2) is 24.3 Å². The normalized spacial score (nSPS) is 10.3. The first-order valence-corrected chi connectivity index (χ1v) is 4.61. The Labute approximate surface area is 91.3 Å². The molecule has 0 atom stereocenters. The van der Waals surface area contributed by atoms with E-state index in [2.05, 4.69) is 10.3 Å². The Morgan fingerprint density at radius 3 is 2.81 bits per heavy atom. The van der Waals surface area contributed by atoms with Crippen LogP contribution in [0.4, 0.5) is 5.82 Å². The maximum Gasteiger partial charge on any atom is 0.360 e. The molecule has 6 heteroatoms. The third kappa shape index (κ3) is 1.60. The predicted molar refractivity (Wildman–Crippen MR) is 57.5 cm³/mol. The molecule has 0 unspecified atom stereocenters. The summed E-state index contributed by atoms with van der Waals surface area (Å²) < 4.78 is 1.30. The van der Waals surface area contributed by atoms with Crippen LogP contribution in [0.3, 0.4) is 0 Å². The molecule has 3 N–H and O–H groups in total. The van der Waals surface area contributed by atoms with Crippen LogP contribution < -0.4 is 5.73 Å². The van der Waals surface area contributed by atoms with Gasteiger partial charge in [-0.1, -0.05) is 17.3 Å². The molecule has 0 aliphatic heterocycles. The summed E-state index contributed by atoms with van der Waals surface area (Å²) in [6.45, 7) is 1.93. The second-order valence-corrected chi connectivity index (χ2v) is 3.38. The molecule has 0 saturated heterocycles. The van der Waals surface area contributed by atoms with Gasteiger partial charge in [0.15, 0.2) is 5.82 Å². The first kappa shape index (κ1) is 10.2. The Bertz CT molecular complexity index is 548. The molecule has 0 aliphatic rings. The summed E-state index contributed by atoms with van der Waals surface area (Å²) in [5.74, 6) is -1.16. The van der Waals surface area contributed by atoms with Gasteiger partial charge < -0.3 is 10.8 Å². The lowest BCUT2D eigenvalue weighted by atomic mass is 10.2. The fourth-order valence-corrected chi connectivity index (χ4v) is 1.39. The SMILES string of the molecule is Cc1cccc(-n2nnc(C(=O)O)c2N)c1. The van der Waals surface area contributed by atoms with Gasteiger partial charge in [0.2, 0.25) is 5.69 Å². The molecule has 2 rings (SSSR count). The average Bonchev–Trinajstić information content (AvgIpc) is 2.60. The topological polar surface area (TPSA) is 94.0 Å². The molecule has 0 amide bonds. The molecule has 1 heterocycles. The zero-order valence-corrected chi connectivity index (χ0v) is 8.58. The molecule has 16 heavy (non-hydrogen) atoms. The fourth-order valence-electron chi connectivity index (χ4n) is 1.39. The van der Waals surface area contributed by atoms with E-state index >= 15 is 0 Å².